The summed E-state index contributed by atoms with van der Waals surface area (Å²) in [6.45, 7) is 6.84. The largest absolute Gasteiger partial charge is 0.382 e. The molecule has 1 heterocycles. The average Bonchev–Trinajstić information content (AvgIpc) is 2.35. The Labute approximate surface area is 101 Å². The maximum absolute atomic E-state index is 7.34. The van der Waals surface area contributed by atoms with Crippen LogP contribution in [0.1, 0.15) is 19.5 Å². The van der Waals surface area contributed by atoms with Gasteiger partial charge in [0.15, 0.2) is 0 Å². The molecule has 1 aromatic heterocycles. The Morgan fingerprint density at radius 2 is 2.29 bits per heavy atom. The maximum Gasteiger partial charge on any atom is 0.226 e. The smallest absolute Gasteiger partial charge is 0.226 e. The van der Waals surface area contributed by atoms with Gasteiger partial charge >= 0.3 is 0 Å². The van der Waals surface area contributed by atoms with Gasteiger partial charge in [-0.3, -0.25) is 5.41 Å². The minimum Gasteiger partial charge on any atom is -0.382 e. The van der Waals surface area contributed by atoms with E-state index in [1.807, 2.05) is 18.7 Å². The van der Waals surface area contributed by atoms with Crippen molar-refractivity contribution in [1.29, 1.82) is 5.41 Å². The van der Waals surface area contributed by atoms with Crippen molar-refractivity contribution in [3.8, 4) is 0 Å². The predicted molar refractivity (Wildman–Crippen MR) is 67.4 cm³/mol. The lowest BCUT2D eigenvalue weighted by Gasteiger charge is -2.20. The Kier molecular flexibility index (Phi) is 5.35. The summed E-state index contributed by atoms with van der Waals surface area (Å²) in [6, 6.07) is 1.63. The number of aromatic nitrogens is 2. The number of ether oxygens (including phenoxy) is 1. The van der Waals surface area contributed by atoms with Crippen LogP contribution in [0.2, 0.25) is 0 Å². The van der Waals surface area contributed by atoms with E-state index in [0.717, 1.165) is 13.1 Å². The van der Waals surface area contributed by atoms with E-state index < -0.39 is 0 Å². The molecule has 6 nitrogen and oxygen atoms in total. The van der Waals surface area contributed by atoms with Gasteiger partial charge in [0.05, 0.1) is 6.61 Å². The zero-order chi connectivity index (χ0) is 12.7. The Morgan fingerprint density at radius 3 is 2.88 bits per heavy atom. The van der Waals surface area contributed by atoms with Crippen LogP contribution in [0.25, 0.3) is 0 Å². The van der Waals surface area contributed by atoms with E-state index >= 15 is 0 Å². The summed E-state index contributed by atoms with van der Waals surface area (Å²) in [6.07, 6.45) is 1.61. The fourth-order valence-corrected chi connectivity index (χ4v) is 1.37. The highest BCUT2D eigenvalue weighted by molar-refractivity contribution is 5.93. The Balaban J connectivity index is 2.73. The third kappa shape index (κ3) is 3.99. The van der Waals surface area contributed by atoms with Crippen molar-refractivity contribution in [3.05, 3.63) is 18.0 Å². The molecule has 17 heavy (non-hydrogen) atoms. The van der Waals surface area contributed by atoms with Crippen LogP contribution < -0.4 is 10.6 Å². The molecule has 0 aliphatic rings. The SMILES string of the molecule is CCOCCN(CC)c1nccc(C(=N)N)n1. The van der Waals surface area contributed by atoms with Gasteiger partial charge in [-0.1, -0.05) is 0 Å². The first-order chi connectivity index (χ1) is 8.19. The van der Waals surface area contributed by atoms with Crippen LogP contribution in [-0.2, 0) is 4.74 Å². The van der Waals surface area contributed by atoms with Crippen LogP contribution in [0.3, 0.4) is 0 Å². The zero-order valence-electron chi connectivity index (χ0n) is 10.3. The zero-order valence-corrected chi connectivity index (χ0v) is 10.3. The second-order valence-electron chi connectivity index (χ2n) is 3.43. The molecule has 94 valence electrons. The number of hydrogen-bond donors (Lipinski definition) is 2. The monoisotopic (exact) mass is 237 g/mol. The minimum absolute atomic E-state index is 0.0467. The fraction of sp³-hybridized carbons (Fsp3) is 0.545. The normalized spacial score (nSPS) is 10.2. The summed E-state index contributed by atoms with van der Waals surface area (Å²) in [5, 5.41) is 7.34. The van der Waals surface area contributed by atoms with E-state index in [1.54, 1.807) is 12.3 Å². The van der Waals surface area contributed by atoms with Crippen LogP contribution in [0.15, 0.2) is 12.3 Å². The Morgan fingerprint density at radius 1 is 1.53 bits per heavy atom. The molecule has 0 bridgehead atoms. The van der Waals surface area contributed by atoms with Gasteiger partial charge in [0.1, 0.15) is 11.5 Å². The van der Waals surface area contributed by atoms with Crippen LogP contribution in [0, 0.1) is 5.41 Å². The van der Waals surface area contributed by atoms with Gasteiger partial charge in [0.25, 0.3) is 0 Å². The standard InChI is InChI=1S/C11H19N5O/c1-3-16(7-8-17-4-2)11-14-6-5-9(15-11)10(12)13/h5-6H,3-4,7-8H2,1-2H3,(H3,12,13). The van der Waals surface area contributed by atoms with Gasteiger partial charge in [-0.25, -0.2) is 9.97 Å². The lowest BCUT2D eigenvalue weighted by atomic mass is 10.4. The third-order valence-electron chi connectivity index (χ3n) is 2.29. The molecule has 0 saturated carbocycles. The molecule has 0 saturated heterocycles. The van der Waals surface area contributed by atoms with Crippen molar-refractivity contribution < 1.29 is 4.74 Å². The van der Waals surface area contributed by atoms with Crippen molar-refractivity contribution in [3.63, 3.8) is 0 Å². The molecule has 0 radical (unpaired) electrons. The van der Waals surface area contributed by atoms with E-state index in [2.05, 4.69) is 9.97 Å². The number of nitrogens with one attached hydrogen (secondary N) is 1. The molecule has 0 spiro atoms. The molecule has 0 unspecified atom stereocenters. The molecule has 0 aliphatic heterocycles. The molecular formula is C11H19N5O. The number of nitrogens with zero attached hydrogens (tertiary/aromatic N) is 3. The molecule has 0 fully saturated rings. The van der Waals surface area contributed by atoms with Gasteiger partial charge in [-0.15, -0.1) is 0 Å². The van der Waals surface area contributed by atoms with Crippen molar-refractivity contribution in [2.24, 2.45) is 5.73 Å². The van der Waals surface area contributed by atoms with E-state index in [0.29, 0.717) is 24.9 Å². The molecule has 0 aromatic carbocycles. The summed E-state index contributed by atoms with van der Waals surface area (Å²) in [5.41, 5.74) is 5.84. The van der Waals surface area contributed by atoms with Gasteiger partial charge < -0.3 is 15.4 Å². The maximum atomic E-state index is 7.34. The first kappa shape index (κ1) is 13.4. The lowest BCUT2D eigenvalue weighted by molar-refractivity contribution is 0.153. The number of hydrogen-bond acceptors (Lipinski definition) is 5. The number of nitrogens with two attached hydrogens (primary N) is 1. The van der Waals surface area contributed by atoms with Gasteiger partial charge in [0, 0.05) is 25.9 Å². The minimum atomic E-state index is -0.0467. The lowest BCUT2D eigenvalue weighted by Crippen LogP contribution is -2.29. The van der Waals surface area contributed by atoms with Gasteiger partial charge in [-0.05, 0) is 19.9 Å². The Hall–Kier alpha value is -1.69. The second kappa shape index (κ2) is 6.80. The molecule has 1 aromatic rings. The quantitative estimate of drug-likeness (QED) is 0.412. The average molecular weight is 237 g/mol. The summed E-state index contributed by atoms with van der Waals surface area (Å²) in [7, 11) is 0. The molecule has 0 amide bonds. The first-order valence-electron chi connectivity index (χ1n) is 5.69. The van der Waals surface area contributed by atoms with Crippen LogP contribution in [0.4, 0.5) is 5.95 Å². The van der Waals surface area contributed by atoms with Crippen molar-refractivity contribution in [1.82, 2.24) is 9.97 Å². The Bertz CT molecular complexity index is 369. The highest BCUT2D eigenvalue weighted by Gasteiger charge is 2.08. The van der Waals surface area contributed by atoms with Crippen molar-refractivity contribution in [2.45, 2.75) is 13.8 Å². The summed E-state index contributed by atoms with van der Waals surface area (Å²) >= 11 is 0. The predicted octanol–water partition coefficient (Wildman–Crippen LogP) is 0.623. The highest BCUT2D eigenvalue weighted by Crippen LogP contribution is 2.06. The number of nitrogen functional groups attached to an aromatic ring is 1. The number of anilines is 1. The molecule has 0 aliphatic carbocycles. The fourth-order valence-electron chi connectivity index (χ4n) is 1.37. The van der Waals surface area contributed by atoms with E-state index in [4.69, 9.17) is 15.9 Å². The third-order valence-corrected chi connectivity index (χ3v) is 2.29. The van der Waals surface area contributed by atoms with Gasteiger partial charge in [-0.2, -0.15) is 0 Å². The van der Waals surface area contributed by atoms with E-state index in [9.17, 15) is 0 Å². The second-order valence-corrected chi connectivity index (χ2v) is 3.43. The molecule has 3 N–H and O–H groups in total. The van der Waals surface area contributed by atoms with Crippen LogP contribution >= 0.6 is 0 Å². The van der Waals surface area contributed by atoms with Gasteiger partial charge in [0.2, 0.25) is 5.95 Å². The summed E-state index contributed by atoms with van der Waals surface area (Å²) in [4.78, 5) is 10.4. The molecule has 0 atom stereocenters. The number of rotatable bonds is 7. The van der Waals surface area contributed by atoms with E-state index in [1.165, 1.54) is 0 Å². The van der Waals surface area contributed by atoms with Crippen molar-refractivity contribution >= 4 is 11.8 Å². The van der Waals surface area contributed by atoms with Crippen molar-refractivity contribution in [2.75, 3.05) is 31.2 Å². The summed E-state index contributed by atoms with van der Waals surface area (Å²) in [5.74, 6) is 0.536. The highest BCUT2D eigenvalue weighted by atomic mass is 16.5. The number of amidine groups is 1. The van der Waals surface area contributed by atoms with Crippen LogP contribution in [-0.4, -0.2) is 42.1 Å². The first-order valence-corrected chi connectivity index (χ1v) is 5.69. The van der Waals surface area contributed by atoms with Crippen LogP contribution in [0.5, 0.6) is 0 Å². The topological polar surface area (TPSA) is 88.1 Å². The molecular weight excluding hydrogens is 218 g/mol. The molecule has 1 rings (SSSR count). The summed E-state index contributed by atoms with van der Waals surface area (Å²) < 4.78 is 5.30. The number of likely N-dealkylation sites (N-methyl/N-ethyl adjacent to an activating group) is 1. The van der Waals surface area contributed by atoms with E-state index in [-0.39, 0.29) is 5.84 Å². The molecule has 6 heteroatoms.